The van der Waals surface area contributed by atoms with Gasteiger partial charge in [0, 0.05) is 23.1 Å². The third-order valence-corrected chi connectivity index (χ3v) is 5.72. The largest absolute Gasteiger partial charge is 0.372 e. The van der Waals surface area contributed by atoms with E-state index in [1.165, 1.54) is 37.7 Å². The molecule has 1 unspecified atom stereocenters. The number of H-pyrrole nitrogens is 1. The number of aromatic amines is 1. The van der Waals surface area contributed by atoms with Gasteiger partial charge in [-0.25, -0.2) is 0 Å². The van der Waals surface area contributed by atoms with Gasteiger partial charge in [0.1, 0.15) is 0 Å². The van der Waals surface area contributed by atoms with Gasteiger partial charge in [0.2, 0.25) is 0 Å². The summed E-state index contributed by atoms with van der Waals surface area (Å²) in [4.78, 5) is 15.4. The molecule has 3 heteroatoms. The summed E-state index contributed by atoms with van der Waals surface area (Å²) in [6.07, 6.45) is 7.51. The molecule has 22 heavy (non-hydrogen) atoms. The van der Waals surface area contributed by atoms with Crippen molar-refractivity contribution < 1.29 is 4.74 Å². The average Bonchev–Trinajstić information content (AvgIpc) is 2.55. The first-order chi connectivity index (χ1) is 10.7. The highest BCUT2D eigenvalue weighted by atomic mass is 16.5. The van der Waals surface area contributed by atoms with E-state index in [0.29, 0.717) is 6.61 Å². The Morgan fingerprint density at radius 3 is 2.64 bits per heavy atom. The monoisotopic (exact) mass is 297 g/mol. The second-order valence-electron chi connectivity index (χ2n) is 7.18. The Morgan fingerprint density at radius 1 is 1.14 bits per heavy atom. The van der Waals surface area contributed by atoms with Crippen molar-refractivity contribution in [1.29, 1.82) is 0 Å². The quantitative estimate of drug-likeness (QED) is 0.866. The van der Waals surface area contributed by atoms with E-state index in [1.807, 2.05) is 24.3 Å². The van der Waals surface area contributed by atoms with Gasteiger partial charge in [0.25, 0.3) is 5.56 Å². The molecule has 1 fully saturated rings. The van der Waals surface area contributed by atoms with Crippen molar-refractivity contribution in [2.45, 2.75) is 58.2 Å². The maximum atomic E-state index is 12.3. The van der Waals surface area contributed by atoms with Crippen molar-refractivity contribution in [3.05, 3.63) is 45.9 Å². The van der Waals surface area contributed by atoms with Crippen LogP contribution in [0.5, 0.6) is 0 Å². The van der Waals surface area contributed by atoms with Crippen LogP contribution in [-0.4, -0.2) is 11.1 Å². The minimum absolute atomic E-state index is 0.0313. The van der Waals surface area contributed by atoms with Gasteiger partial charge < -0.3 is 9.72 Å². The van der Waals surface area contributed by atoms with Crippen LogP contribution in [0.2, 0.25) is 0 Å². The lowest BCUT2D eigenvalue weighted by Crippen LogP contribution is -2.41. The Labute approximate surface area is 130 Å². The van der Waals surface area contributed by atoms with Gasteiger partial charge in [0.05, 0.1) is 12.7 Å². The summed E-state index contributed by atoms with van der Waals surface area (Å²) in [5.41, 5.74) is 2.56. The van der Waals surface area contributed by atoms with Gasteiger partial charge in [-0.3, -0.25) is 4.79 Å². The molecule has 2 aromatic rings. The lowest BCUT2D eigenvalue weighted by atomic mass is 9.70. The molecule has 1 N–H and O–H groups in total. The normalized spacial score (nSPS) is 24.1. The number of fused-ring (bicyclic) bond motifs is 3. The zero-order valence-electron chi connectivity index (χ0n) is 13.2. The molecule has 0 bridgehead atoms. The summed E-state index contributed by atoms with van der Waals surface area (Å²) in [6, 6.07) is 7.84. The first-order valence-corrected chi connectivity index (χ1v) is 8.42. The highest BCUT2D eigenvalue weighted by Gasteiger charge is 2.38. The Bertz CT molecular complexity index is 756. The smallest absolute Gasteiger partial charge is 0.256 e. The van der Waals surface area contributed by atoms with Crippen molar-refractivity contribution in [2.75, 3.05) is 0 Å². The molecule has 116 valence electrons. The number of nitrogens with one attached hydrogen (secondary N) is 1. The molecule has 2 aliphatic rings. The summed E-state index contributed by atoms with van der Waals surface area (Å²) in [7, 11) is 0. The van der Waals surface area contributed by atoms with E-state index in [0.717, 1.165) is 22.9 Å². The third-order valence-electron chi connectivity index (χ3n) is 5.72. The molecule has 1 aromatic carbocycles. The topological polar surface area (TPSA) is 42.1 Å². The molecular weight excluding hydrogens is 274 g/mol. The van der Waals surface area contributed by atoms with E-state index >= 15 is 0 Å². The lowest BCUT2D eigenvalue weighted by Gasteiger charge is -2.42. The number of hydrogen-bond donors (Lipinski definition) is 1. The highest BCUT2D eigenvalue weighted by Crippen LogP contribution is 2.43. The summed E-state index contributed by atoms with van der Waals surface area (Å²) < 4.78 is 6.27. The van der Waals surface area contributed by atoms with Crippen LogP contribution in [0.1, 0.15) is 50.3 Å². The van der Waals surface area contributed by atoms with E-state index in [4.69, 9.17) is 4.74 Å². The Hall–Kier alpha value is -1.61. The van der Waals surface area contributed by atoms with E-state index in [1.54, 1.807) is 0 Å². The predicted octanol–water partition coefficient (Wildman–Crippen LogP) is 3.94. The minimum atomic E-state index is 0.0313. The Balaban J connectivity index is 1.73. The minimum Gasteiger partial charge on any atom is -0.372 e. The van der Waals surface area contributed by atoms with Crippen molar-refractivity contribution in [1.82, 2.24) is 4.98 Å². The Morgan fingerprint density at radius 2 is 1.86 bits per heavy atom. The van der Waals surface area contributed by atoms with Gasteiger partial charge in [0.15, 0.2) is 0 Å². The SMILES string of the molecule is CC1(C2Cc3[nH]c(=O)c4ccccc4c3CO2)CCCCC1. The summed E-state index contributed by atoms with van der Waals surface area (Å²) in [6.45, 7) is 2.98. The highest BCUT2D eigenvalue weighted by molar-refractivity contribution is 5.85. The summed E-state index contributed by atoms with van der Waals surface area (Å²) in [5.74, 6) is 0. The number of hydrogen-bond acceptors (Lipinski definition) is 2. The summed E-state index contributed by atoms with van der Waals surface area (Å²) >= 11 is 0. The van der Waals surface area contributed by atoms with Gasteiger partial charge in [-0.1, -0.05) is 44.4 Å². The maximum Gasteiger partial charge on any atom is 0.256 e. The fourth-order valence-corrected chi connectivity index (χ4v) is 4.28. The van der Waals surface area contributed by atoms with Gasteiger partial charge in [-0.2, -0.15) is 0 Å². The molecule has 1 atom stereocenters. The average molecular weight is 297 g/mol. The molecule has 1 aromatic heterocycles. The molecule has 2 heterocycles. The van der Waals surface area contributed by atoms with Crippen LogP contribution in [0.25, 0.3) is 10.8 Å². The number of benzene rings is 1. The van der Waals surface area contributed by atoms with Crippen molar-refractivity contribution in [2.24, 2.45) is 5.41 Å². The molecule has 4 rings (SSSR count). The van der Waals surface area contributed by atoms with E-state index < -0.39 is 0 Å². The molecule has 0 spiro atoms. The first kappa shape index (κ1) is 14.0. The van der Waals surface area contributed by atoms with E-state index in [-0.39, 0.29) is 17.1 Å². The second kappa shape index (κ2) is 5.24. The van der Waals surface area contributed by atoms with Crippen molar-refractivity contribution in [3.8, 4) is 0 Å². The molecule has 0 saturated heterocycles. The predicted molar refractivity (Wildman–Crippen MR) is 88.0 cm³/mol. The molecule has 0 radical (unpaired) electrons. The van der Waals surface area contributed by atoms with Crippen LogP contribution in [0, 0.1) is 5.41 Å². The van der Waals surface area contributed by atoms with Gasteiger partial charge in [-0.15, -0.1) is 0 Å². The molecular formula is C19H23NO2. The molecule has 0 amide bonds. The van der Waals surface area contributed by atoms with Crippen LogP contribution in [0.15, 0.2) is 29.1 Å². The standard InChI is InChI=1S/C19H23NO2/c1-19(9-5-2-6-10-19)17-11-16-15(12-22-17)13-7-3-4-8-14(13)18(21)20-16/h3-4,7-8,17H,2,5-6,9-12H2,1H3,(H,20,21). The van der Waals surface area contributed by atoms with Crippen LogP contribution in [0.3, 0.4) is 0 Å². The Kier molecular flexibility index (Phi) is 3.33. The molecule has 1 aliphatic carbocycles. The fourth-order valence-electron chi connectivity index (χ4n) is 4.28. The van der Waals surface area contributed by atoms with Crippen LogP contribution in [-0.2, 0) is 17.8 Å². The third kappa shape index (κ3) is 2.19. The molecule has 1 aliphatic heterocycles. The number of ether oxygens (including phenoxy) is 1. The zero-order valence-corrected chi connectivity index (χ0v) is 13.2. The molecule has 1 saturated carbocycles. The second-order valence-corrected chi connectivity index (χ2v) is 7.18. The zero-order chi connectivity index (χ0) is 15.2. The number of pyridine rings is 1. The van der Waals surface area contributed by atoms with Gasteiger partial charge >= 0.3 is 0 Å². The molecule has 3 nitrogen and oxygen atoms in total. The van der Waals surface area contributed by atoms with Crippen molar-refractivity contribution in [3.63, 3.8) is 0 Å². The van der Waals surface area contributed by atoms with E-state index in [2.05, 4.69) is 11.9 Å². The summed E-state index contributed by atoms with van der Waals surface area (Å²) in [5, 5.41) is 1.82. The lowest BCUT2D eigenvalue weighted by molar-refractivity contribution is -0.0677. The van der Waals surface area contributed by atoms with Crippen LogP contribution >= 0.6 is 0 Å². The van der Waals surface area contributed by atoms with Crippen LogP contribution in [0.4, 0.5) is 0 Å². The van der Waals surface area contributed by atoms with E-state index in [9.17, 15) is 4.79 Å². The maximum absolute atomic E-state index is 12.3. The first-order valence-electron chi connectivity index (χ1n) is 8.42. The van der Waals surface area contributed by atoms with Crippen LogP contribution < -0.4 is 5.56 Å². The fraction of sp³-hybridized carbons (Fsp3) is 0.526. The van der Waals surface area contributed by atoms with Gasteiger partial charge in [-0.05, 0) is 29.7 Å². The number of aromatic nitrogens is 1. The van der Waals surface area contributed by atoms with Crippen molar-refractivity contribution >= 4 is 10.8 Å². The number of rotatable bonds is 1.